The maximum Gasteiger partial charge on any atom is 0.407 e. The third-order valence-electron chi connectivity index (χ3n) is 10.0. The number of aliphatic hydroxyl groups excluding tert-OH is 2. The summed E-state index contributed by atoms with van der Waals surface area (Å²) in [5, 5.41) is 63.6. The molecule has 3 aliphatic rings. The van der Waals surface area contributed by atoms with Crippen molar-refractivity contribution in [2.45, 2.75) is 93.5 Å². The van der Waals surface area contributed by atoms with Crippen LogP contribution in [-0.2, 0) is 36.9 Å². The summed E-state index contributed by atoms with van der Waals surface area (Å²) in [4.78, 5) is 46.5. The van der Waals surface area contributed by atoms with Gasteiger partial charge in [0.1, 0.15) is 42.9 Å². The number of carbonyl (C=O) groups excluding carboxylic acids is 2. The van der Waals surface area contributed by atoms with Crippen LogP contribution in [0.15, 0.2) is 60.4 Å². The number of nitro groups is 2. The molecule has 306 valence electrons. The monoisotopic (exact) mass is 789 g/mol. The highest BCUT2D eigenvalue weighted by atomic mass is 16.7. The van der Waals surface area contributed by atoms with E-state index >= 15 is 0 Å². The van der Waals surface area contributed by atoms with Crippen molar-refractivity contribution < 1.29 is 58.4 Å². The molecule has 2 amide bonds. The summed E-state index contributed by atoms with van der Waals surface area (Å²) in [6.07, 6.45) is -6.11. The van der Waals surface area contributed by atoms with E-state index in [1.165, 1.54) is 55.5 Å². The fraction of sp³-hybridized carbons (Fsp3) is 0.543. The summed E-state index contributed by atoms with van der Waals surface area (Å²) in [5.41, 5.74) is 12.4. The second kappa shape index (κ2) is 18.3. The zero-order valence-electron chi connectivity index (χ0n) is 30.6. The van der Waals surface area contributed by atoms with Crippen LogP contribution in [0.4, 0.5) is 21.0 Å². The Hall–Kier alpha value is -5.00. The Balaban J connectivity index is 1.28. The molecule has 0 aromatic heterocycles. The van der Waals surface area contributed by atoms with Crippen LogP contribution in [-0.4, -0.2) is 118 Å². The van der Waals surface area contributed by atoms with E-state index in [9.17, 15) is 45.1 Å². The molecule has 1 aliphatic carbocycles. The number of benzene rings is 2. The van der Waals surface area contributed by atoms with Gasteiger partial charge in [-0.15, -0.1) is 0 Å². The number of hydrogen-bond donors (Lipinski definition) is 8. The van der Waals surface area contributed by atoms with Gasteiger partial charge in [0.2, 0.25) is 0 Å². The molecule has 2 aliphatic heterocycles. The molecule has 10 N–H and O–H groups in total. The summed E-state index contributed by atoms with van der Waals surface area (Å²) in [7, 11) is 1.56. The van der Waals surface area contributed by atoms with Gasteiger partial charge in [-0.25, -0.2) is 9.59 Å². The Morgan fingerprint density at radius 3 is 2.05 bits per heavy atom. The molecule has 2 heterocycles. The lowest BCUT2D eigenvalue weighted by Crippen LogP contribution is -2.69. The molecule has 5 rings (SSSR count). The van der Waals surface area contributed by atoms with Gasteiger partial charge in [-0.2, -0.15) is 0 Å². The molecule has 1 saturated heterocycles. The van der Waals surface area contributed by atoms with Crippen LogP contribution < -0.4 is 27.4 Å². The topological polar surface area (TPSA) is 315 Å². The van der Waals surface area contributed by atoms with Crippen molar-refractivity contribution in [3.63, 3.8) is 0 Å². The fourth-order valence-corrected chi connectivity index (χ4v) is 7.10. The normalized spacial score (nSPS) is 31.6. The number of nitrogens with two attached hydrogens (primary N) is 2. The van der Waals surface area contributed by atoms with Gasteiger partial charge >= 0.3 is 12.2 Å². The Morgan fingerprint density at radius 1 is 0.929 bits per heavy atom. The fourth-order valence-electron chi connectivity index (χ4n) is 7.10. The molecular formula is C35H47N7O14. The van der Waals surface area contributed by atoms with Crippen molar-refractivity contribution >= 4 is 23.6 Å². The summed E-state index contributed by atoms with van der Waals surface area (Å²) >= 11 is 0. The van der Waals surface area contributed by atoms with E-state index in [4.69, 9.17) is 35.2 Å². The second-order valence-electron chi connectivity index (χ2n) is 14.1. The minimum atomic E-state index is -1.44. The highest BCUT2D eigenvalue weighted by Gasteiger charge is 2.53. The van der Waals surface area contributed by atoms with Crippen LogP contribution >= 0.6 is 0 Å². The third kappa shape index (κ3) is 10.2. The molecule has 0 spiro atoms. The lowest BCUT2D eigenvalue weighted by atomic mass is 9.72. The van der Waals surface area contributed by atoms with Gasteiger partial charge in [-0.05, 0) is 68.3 Å². The first kappa shape index (κ1) is 42.1. The van der Waals surface area contributed by atoms with E-state index in [0.717, 1.165) is 0 Å². The number of nitrogens with zero attached hydrogens (tertiary/aromatic N) is 2. The molecule has 2 fully saturated rings. The molecule has 56 heavy (non-hydrogen) atoms. The molecule has 2 aromatic rings. The zero-order valence-corrected chi connectivity index (χ0v) is 30.6. The van der Waals surface area contributed by atoms with Crippen LogP contribution in [0.5, 0.6) is 0 Å². The molecule has 21 heteroatoms. The number of ether oxygens (including phenoxy) is 5. The second-order valence-corrected chi connectivity index (χ2v) is 14.1. The Kier molecular flexibility index (Phi) is 13.8. The van der Waals surface area contributed by atoms with Crippen molar-refractivity contribution in [1.82, 2.24) is 16.0 Å². The largest absolute Gasteiger partial charge is 0.491 e. The van der Waals surface area contributed by atoms with Crippen molar-refractivity contribution in [2.24, 2.45) is 17.4 Å². The van der Waals surface area contributed by atoms with Crippen LogP contribution in [0.3, 0.4) is 0 Å². The number of alkyl carbamates (subject to hydrolysis) is 2. The zero-order chi connectivity index (χ0) is 40.7. The Bertz CT molecular complexity index is 1730. The van der Waals surface area contributed by atoms with Crippen LogP contribution in [0.2, 0.25) is 0 Å². The lowest BCUT2D eigenvalue weighted by molar-refractivity contribution is -0.385. The summed E-state index contributed by atoms with van der Waals surface area (Å²) in [6, 6.07) is 7.62. The van der Waals surface area contributed by atoms with Crippen LogP contribution in [0.25, 0.3) is 0 Å². The van der Waals surface area contributed by atoms with E-state index in [0.29, 0.717) is 11.1 Å². The van der Waals surface area contributed by atoms with E-state index < -0.39 is 88.4 Å². The number of nitrogens with one attached hydrogen (secondary N) is 3. The summed E-state index contributed by atoms with van der Waals surface area (Å²) < 4.78 is 28.7. The predicted octanol–water partition coefficient (Wildman–Crippen LogP) is 0.174. The molecule has 21 nitrogen and oxygen atoms in total. The van der Waals surface area contributed by atoms with Crippen molar-refractivity contribution in [2.75, 3.05) is 20.2 Å². The van der Waals surface area contributed by atoms with Crippen molar-refractivity contribution in [3.05, 3.63) is 91.7 Å². The maximum absolute atomic E-state index is 13.1. The number of non-ortho nitro benzene ring substituents is 2. The number of likely N-dealkylation sites (N-methyl/N-ethyl adjacent to an activating group) is 1. The number of hydrogen-bond acceptors (Lipinski definition) is 17. The van der Waals surface area contributed by atoms with Crippen molar-refractivity contribution in [3.8, 4) is 0 Å². The average Bonchev–Trinajstić information content (AvgIpc) is 3.15. The molecule has 1 saturated carbocycles. The predicted molar refractivity (Wildman–Crippen MR) is 193 cm³/mol. The van der Waals surface area contributed by atoms with Crippen LogP contribution in [0.1, 0.15) is 30.9 Å². The number of rotatable bonds is 13. The molecule has 0 radical (unpaired) electrons. The lowest BCUT2D eigenvalue weighted by Gasteiger charge is -2.50. The van der Waals surface area contributed by atoms with Gasteiger partial charge < -0.3 is 66.4 Å². The highest BCUT2D eigenvalue weighted by molar-refractivity contribution is 5.68. The molecule has 1 unspecified atom stereocenters. The van der Waals surface area contributed by atoms with E-state index in [1.54, 1.807) is 13.1 Å². The first-order valence-electron chi connectivity index (χ1n) is 17.8. The van der Waals surface area contributed by atoms with Gasteiger partial charge in [-0.1, -0.05) is 0 Å². The van der Waals surface area contributed by atoms with Gasteiger partial charge in [-0.3, -0.25) is 20.2 Å². The number of amides is 2. The molecule has 11 atom stereocenters. The Labute approximate surface area is 320 Å². The summed E-state index contributed by atoms with van der Waals surface area (Å²) in [5.74, 6) is -0.710. The number of nitro benzene ring substituents is 2. The first-order chi connectivity index (χ1) is 26.6. The molecule has 0 bridgehead atoms. The third-order valence-corrected chi connectivity index (χ3v) is 10.0. The van der Waals surface area contributed by atoms with Gasteiger partial charge in [0.25, 0.3) is 11.4 Å². The number of aliphatic hydroxyl groups is 3. The van der Waals surface area contributed by atoms with Crippen molar-refractivity contribution in [1.29, 1.82) is 0 Å². The van der Waals surface area contributed by atoms with Gasteiger partial charge in [0.05, 0.1) is 41.2 Å². The highest BCUT2D eigenvalue weighted by Crippen LogP contribution is 2.36. The number of carbonyl (C=O) groups is 2. The Morgan fingerprint density at radius 2 is 1.50 bits per heavy atom. The quantitative estimate of drug-likeness (QED) is 0.0991. The van der Waals surface area contributed by atoms with Crippen LogP contribution in [0, 0.1) is 26.1 Å². The standard InChI is InChI=1S/C35H47N7O14/c1-35(47)17-54-32(28(44)31(35)38-2)56-29-24(37)13-23(36)26(27(29)43)30-25(40-34(46)53-16-19-5-9-21(10-6-19)42(50)51)12-11-22(55-30)14-39-33(45)52-15-18-3-7-20(8-4-18)41(48)49/h3-11,23-32,38,43-44,47H,12-17,36-37H2,1-2H3,(H,39,45)(H,40,46)/t23-,24+,25+,26+,27-,28+,29-,30?,31+,32+,35-/m0/s1. The summed E-state index contributed by atoms with van der Waals surface area (Å²) in [6.45, 7) is 0.746. The molecular weight excluding hydrogens is 742 g/mol. The maximum atomic E-state index is 13.1. The van der Waals surface area contributed by atoms with Gasteiger partial charge in [0, 0.05) is 42.3 Å². The SMILES string of the molecule is CN[C@@H]1[C@@H](O)[C@@H](O[C@@H]2[C@@H](O)[C@H](C3OC(CNC(=O)OCc4ccc([N+](=O)[O-])cc4)=CC[C@H]3NC(=O)OCc3ccc([N+](=O)[O-])cc3)[C@@H](N)C[C@H]2N)OC[C@]1(C)O. The minimum Gasteiger partial charge on any atom is -0.491 e. The average molecular weight is 790 g/mol. The van der Waals surface area contributed by atoms with Gasteiger partial charge in [0.15, 0.2) is 6.29 Å². The van der Waals surface area contributed by atoms with E-state index in [1.807, 2.05) is 0 Å². The van der Waals surface area contributed by atoms with E-state index in [-0.39, 0.29) is 56.3 Å². The first-order valence-corrected chi connectivity index (χ1v) is 17.8. The molecule has 2 aromatic carbocycles. The van der Waals surface area contributed by atoms with E-state index in [2.05, 4.69) is 16.0 Å². The minimum absolute atomic E-state index is 0.112. The smallest absolute Gasteiger partial charge is 0.407 e.